The summed E-state index contributed by atoms with van der Waals surface area (Å²) < 4.78 is 69.6. The first-order valence-electron chi connectivity index (χ1n) is 18.2. The van der Waals surface area contributed by atoms with Crippen LogP contribution in [0, 0.1) is 21.0 Å². The summed E-state index contributed by atoms with van der Waals surface area (Å²) in [4.78, 5) is 17.9. The van der Waals surface area contributed by atoms with Crippen molar-refractivity contribution < 1.29 is 32.5 Å². The van der Waals surface area contributed by atoms with Crippen LogP contribution in [-0.2, 0) is 11.3 Å². The zero-order chi connectivity index (χ0) is 37.5. The molecular formula is C41H39F3N5O4Tl. The van der Waals surface area contributed by atoms with Gasteiger partial charge in [-0.1, -0.05) is 30.3 Å². The van der Waals surface area contributed by atoms with Gasteiger partial charge in [0.1, 0.15) is 6.17 Å². The minimum absolute atomic E-state index is 0.0798. The number of aliphatic hydroxyl groups is 1. The summed E-state index contributed by atoms with van der Waals surface area (Å²) in [5.41, 5.74) is -0.521. The molecule has 13 heteroatoms. The average Bonchev–Trinajstić information content (AvgIpc) is 3.69. The molecule has 3 aliphatic rings. The van der Waals surface area contributed by atoms with Crippen LogP contribution in [0.25, 0.3) is 32.9 Å². The number of rotatable bonds is 10. The van der Waals surface area contributed by atoms with E-state index in [1.807, 2.05) is 41.3 Å². The third kappa shape index (κ3) is 7.23. The van der Waals surface area contributed by atoms with Gasteiger partial charge in [0.05, 0.1) is 11.1 Å². The Labute approximate surface area is 327 Å². The van der Waals surface area contributed by atoms with Crippen molar-refractivity contribution in [2.24, 2.45) is 0 Å². The van der Waals surface area contributed by atoms with Crippen molar-refractivity contribution in [2.75, 3.05) is 44.5 Å². The van der Waals surface area contributed by atoms with Crippen LogP contribution in [-0.4, -0.2) is 108 Å². The van der Waals surface area contributed by atoms with Gasteiger partial charge < -0.3 is 5.11 Å². The Morgan fingerprint density at radius 2 is 1.85 bits per heavy atom. The number of halogens is 3. The summed E-state index contributed by atoms with van der Waals surface area (Å²) >= 11 is 0.360. The second-order valence-corrected chi connectivity index (χ2v) is 15.9. The first kappa shape index (κ1) is 36.9. The number of hydrogen-bond donors (Lipinski definition) is 1. The van der Waals surface area contributed by atoms with Gasteiger partial charge in [-0.05, 0) is 39.2 Å². The van der Waals surface area contributed by atoms with E-state index in [2.05, 4.69) is 24.3 Å². The molecule has 0 bridgehead atoms. The van der Waals surface area contributed by atoms with Gasteiger partial charge >= 0.3 is 215 Å². The maximum atomic E-state index is 17.3. The first-order valence-corrected chi connectivity index (χ1v) is 20.5. The van der Waals surface area contributed by atoms with E-state index in [0.29, 0.717) is 85.7 Å². The molecule has 3 saturated heterocycles. The average molecular weight is 927 g/mol. The van der Waals surface area contributed by atoms with Gasteiger partial charge in [-0.15, -0.1) is 0 Å². The summed E-state index contributed by atoms with van der Waals surface area (Å²) in [6, 6.07) is 16.4. The summed E-state index contributed by atoms with van der Waals surface area (Å²) in [5, 5.41) is 12.3. The second-order valence-electron chi connectivity index (χ2n) is 14.7. The van der Waals surface area contributed by atoms with Gasteiger partial charge in [0.15, 0.2) is 0 Å². The van der Waals surface area contributed by atoms with Crippen molar-refractivity contribution in [3.63, 3.8) is 0 Å². The number of anilines is 1. The van der Waals surface area contributed by atoms with Gasteiger partial charge in [-0.25, -0.2) is 4.39 Å². The number of nitrogens with zero attached hydrogens (tertiary/aromatic N) is 5. The molecule has 0 spiro atoms. The Balaban J connectivity index is 1.23. The van der Waals surface area contributed by atoms with Crippen LogP contribution < -0.4 is 14.4 Å². The van der Waals surface area contributed by atoms with Crippen LogP contribution in [0.1, 0.15) is 50.2 Å². The van der Waals surface area contributed by atoms with Crippen molar-refractivity contribution >= 4 is 53.3 Å². The van der Waals surface area contributed by atoms with E-state index in [-0.39, 0.29) is 55.1 Å². The number of fused-ring (bicyclic) bond motifs is 3. The molecule has 0 saturated carbocycles. The van der Waals surface area contributed by atoms with Crippen LogP contribution in [0.2, 0.25) is 0 Å². The van der Waals surface area contributed by atoms with Crippen molar-refractivity contribution in [3.8, 4) is 32.4 Å². The van der Waals surface area contributed by atoms with Crippen molar-refractivity contribution in [1.82, 2.24) is 19.9 Å². The zero-order valence-electron chi connectivity index (χ0n) is 30.0. The monoisotopic (exact) mass is 927 g/mol. The fourth-order valence-electron chi connectivity index (χ4n) is 8.31. The molecular weight excluding hydrogens is 888 g/mol. The molecule has 2 aromatic heterocycles. The summed E-state index contributed by atoms with van der Waals surface area (Å²) in [5.74, 6) is 1.64. The second kappa shape index (κ2) is 15.2. The fraction of sp³-hybridized carbons (Fsp3) is 0.390. The van der Waals surface area contributed by atoms with E-state index < -0.39 is 28.9 Å². The summed E-state index contributed by atoms with van der Waals surface area (Å²) in [7, 11) is 0. The van der Waals surface area contributed by atoms with Crippen LogP contribution in [0.5, 0.6) is 11.8 Å². The predicted molar refractivity (Wildman–Crippen MR) is 200 cm³/mol. The third-order valence-electron chi connectivity index (χ3n) is 10.8. The molecule has 9 nitrogen and oxygen atoms in total. The molecule has 5 heterocycles. The molecule has 276 valence electrons. The number of alkyl halides is 1. The number of aromatic nitrogens is 3. The van der Waals surface area contributed by atoms with Gasteiger partial charge in [-0.2, -0.15) is 0 Å². The minimum atomic E-state index is -1.00. The molecule has 3 fully saturated rings. The standard InChI is InChI=1S/C41H39F3N5O4.Tl/c1-3-27-12-7-13-28-18-31(53-25-51-22-26-10-5-4-6-11-26)34(43)33(32(27)28)37-35(44)36-30(20-45-37)38(48-16-8-14-40(2,50)23-48)47-39(46-36)52-24-41-15-9-17-49(41)21-29(42)19-41;/h4-7,10-13,18,20,29,50H,8-9,14-17,19,21-25H2,2H3;/t29-,40-,41+;/m1./s1. The van der Waals surface area contributed by atoms with Gasteiger partial charge in [0.2, 0.25) is 0 Å². The topological polar surface area (TPSA) is 93.1 Å². The SMILES string of the molecule is C[C@@]1(O)CCCN(c2nc(OC[C@@]34CCCN3C[C@H](F)C4)nc3c(F)c(-c4c(F)c(OCOCc5ccccc5)cc5cccc(C#[C][Tl])c45)ncc23)C1. The predicted octanol–water partition coefficient (Wildman–Crippen LogP) is 6.46. The van der Waals surface area contributed by atoms with Crippen LogP contribution >= 0.6 is 0 Å². The molecule has 3 aliphatic heterocycles. The number of β-amino-alcohol motifs (C(OH)–C–C–N with tert-alkyl or cyclic N) is 1. The van der Waals surface area contributed by atoms with E-state index >= 15 is 8.78 Å². The van der Waals surface area contributed by atoms with Gasteiger partial charge in [0.25, 0.3) is 0 Å². The third-order valence-corrected chi connectivity index (χ3v) is 11.3. The van der Waals surface area contributed by atoms with Crippen molar-refractivity contribution in [1.29, 1.82) is 0 Å². The van der Waals surface area contributed by atoms with E-state index in [1.165, 1.54) is 6.20 Å². The van der Waals surface area contributed by atoms with E-state index in [0.717, 1.165) is 24.9 Å². The molecule has 0 aliphatic carbocycles. The summed E-state index contributed by atoms with van der Waals surface area (Å²) in [6.07, 6.45) is 3.83. The Bertz CT molecular complexity index is 2270. The Hall–Kier alpha value is -4.04. The fourth-order valence-corrected chi connectivity index (χ4v) is 8.91. The normalized spacial score (nSPS) is 22.7. The number of ether oxygens (including phenoxy) is 3. The molecule has 0 unspecified atom stereocenters. The quantitative estimate of drug-likeness (QED) is 0.0734. The zero-order valence-corrected chi connectivity index (χ0v) is 34.4. The Kier molecular flexibility index (Phi) is 10.4. The molecule has 3 aromatic carbocycles. The maximum absolute atomic E-state index is 17.3. The van der Waals surface area contributed by atoms with E-state index in [1.54, 1.807) is 25.1 Å². The summed E-state index contributed by atoms with van der Waals surface area (Å²) in [6.45, 7) is 3.86. The van der Waals surface area contributed by atoms with Crippen molar-refractivity contribution in [2.45, 2.75) is 62.9 Å². The Morgan fingerprint density at radius 1 is 1.02 bits per heavy atom. The first-order chi connectivity index (χ1) is 26.1. The molecule has 5 aromatic rings. The molecule has 1 N–H and O–H groups in total. The van der Waals surface area contributed by atoms with Crippen molar-refractivity contribution in [3.05, 3.63) is 83.6 Å². The van der Waals surface area contributed by atoms with E-state index in [9.17, 15) is 9.50 Å². The number of hydrogen-bond acceptors (Lipinski definition) is 9. The van der Waals surface area contributed by atoms with Gasteiger partial charge in [0, 0.05) is 13.0 Å². The van der Waals surface area contributed by atoms with E-state index in [4.69, 9.17) is 19.2 Å². The number of pyridine rings is 1. The molecule has 8 rings (SSSR count). The molecule has 3 atom stereocenters. The number of piperidine rings is 1. The molecule has 0 radical (unpaired) electrons. The molecule has 0 amide bonds. The Morgan fingerprint density at radius 3 is 2.67 bits per heavy atom. The number of benzene rings is 3. The van der Waals surface area contributed by atoms with Gasteiger partial charge in [-0.3, -0.25) is 4.90 Å². The van der Waals surface area contributed by atoms with Crippen LogP contribution in [0.3, 0.4) is 0 Å². The van der Waals surface area contributed by atoms with Crippen LogP contribution in [0.4, 0.5) is 19.0 Å². The molecule has 54 heavy (non-hydrogen) atoms. The van der Waals surface area contributed by atoms with Crippen LogP contribution in [0.15, 0.2) is 60.8 Å².